The molecule has 0 aliphatic carbocycles. The summed E-state index contributed by atoms with van der Waals surface area (Å²) in [5, 5.41) is 9.30. The van der Waals surface area contributed by atoms with Crippen LogP contribution in [0.2, 0.25) is 0 Å². The van der Waals surface area contributed by atoms with Crippen LogP contribution in [-0.2, 0) is 9.53 Å². The van der Waals surface area contributed by atoms with Gasteiger partial charge < -0.3 is 14.1 Å². The second-order valence-corrected chi connectivity index (χ2v) is 4.86. The number of furan rings is 1. The predicted molar refractivity (Wildman–Crippen MR) is 79.0 cm³/mol. The molecule has 0 aliphatic rings. The monoisotopic (exact) mass is 300 g/mol. The lowest BCUT2D eigenvalue weighted by atomic mass is 10.2. The molecule has 0 unspecified atom stereocenters. The Labute approximate surface area is 127 Å². The SMILES string of the molecule is C[C@H](OC(=O)c1cc2ccccc2o1)C(=O)N(C)CCC#N. The lowest BCUT2D eigenvalue weighted by molar-refractivity contribution is -0.138. The number of nitriles is 1. The standard InChI is InChI=1S/C16H16N2O4/c1-11(15(19)18(2)9-5-8-17)21-16(20)14-10-12-6-3-4-7-13(12)22-14/h3-4,6-7,10-11H,5,9H2,1-2H3/t11-/m0/s1. The van der Waals surface area contributed by atoms with Gasteiger partial charge in [-0.2, -0.15) is 5.26 Å². The molecule has 0 aliphatic heterocycles. The number of likely N-dealkylation sites (N-methyl/N-ethyl adjacent to an activating group) is 1. The van der Waals surface area contributed by atoms with Crippen LogP contribution in [0.25, 0.3) is 11.0 Å². The van der Waals surface area contributed by atoms with Crippen molar-refractivity contribution in [1.29, 1.82) is 5.26 Å². The van der Waals surface area contributed by atoms with Crippen molar-refractivity contribution in [3.8, 4) is 6.07 Å². The average molecular weight is 300 g/mol. The zero-order valence-electron chi connectivity index (χ0n) is 12.4. The van der Waals surface area contributed by atoms with Gasteiger partial charge >= 0.3 is 5.97 Å². The van der Waals surface area contributed by atoms with E-state index in [4.69, 9.17) is 14.4 Å². The van der Waals surface area contributed by atoms with Gasteiger partial charge in [0.25, 0.3) is 5.91 Å². The normalized spacial score (nSPS) is 11.7. The van der Waals surface area contributed by atoms with Gasteiger partial charge in [-0.05, 0) is 19.1 Å². The number of carbonyl (C=O) groups is 2. The molecule has 1 aromatic carbocycles. The van der Waals surface area contributed by atoms with E-state index in [0.29, 0.717) is 12.1 Å². The van der Waals surface area contributed by atoms with Gasteiger partial charge in [0.05, 0.1) is 12.5 Å². The number of fused-ring (bicyclic) bond motifs is 1. The first-order chi connectivity index (χ1) is 10.5. The maximum Gasteiger partial charge on any atom is 0.375 e. The number of hydrogen-bond donors (Lipinski definition) is 0. The molecule has 0 radical (unpaired) electrons. The van der Waals surface area contributed by atoms with Crippen LogP contribution in [0.3, 0.4) is 0 Å². The second kappa shape index (κ2) is 6.76. The van der Waals surface area contributed by atoms with Crippen LogP contribution in [0, 0.1) is 11.3 Å². The number of amides is 1. The average Bonchev–Trinajstić information content (AvgIpc) is 2.95. The highest BCUT2D eigenvalue weighted by Crippen LogP contribution is 2.19. The fourth-order valence-electron chi connectivity index (χ4n) is 1.99. The van der Waals surface area contributed by atoms with E-state index in [1.165, 1.54) is 11.8 Å². The molecule has 2 aromatic rings. The first-order valence-corrected chi connectivity index (χ1v) is 6.84. The summed E-state index contributed by atoms with van der Waals surface area (Å²) in [5.41, 5.74) is 0.583. The van der Waals surface area contributed by atoms with Gasteiger partial charge in [-0.15, -0.1) is 0 Å². The summed E-state index contributed by atoms with van der Waals surface area (Å²) in [6, 6.07) is 10.7. The number of carbonyl (C=O) groups excluding carboxylic acids is 2. The van der Waals surface area contributed by atoms with Gasteiger partial charge in [-0.3, -0.25) is 4.79 Å². The van der Waals surface area contributed by atoms with E-state index in [1.807, 2.05) is 18.2 Å². The van der Waals surface area contributed by atoms with E-state index in [9.17, 15) is 9.59 Å². The number of rotatable bonds is 5. The van der Waals surface area contributed by atoms with Crippen LogP contribution in [0.15, 0.2) is 34.7 Å². The van der Waals surface area contributed by atoms with Crippen LogP contribution < -0.4 is 0 Å². The molecule has 0 fully saturated rings. The Hall–Kier alpha value is -2.81. The van der Waals surface area contributed by atoms with Gasteiger partial charge in [-0.25, -0.2) is 4.79 Å². The van der Waals surface area contributed by atoms with Crippen molar-refractivity contribution in [3.05, 3.63) is 36.1 Å². The van der Waals surface area contributed by atoms with E-state index >= 15 is 0 Å². The Morgan fingerprint density at radius 2 is 2.14 bits per heavy atom. The zero-order chi connectivity index (χ0) is 16.1. The quantitative estimate of drug-likeness (QED) is 0.791. The highest BCUT2D eigenvalue weighted by Gasteiger charge is 2.23. The number of esters is 1. The number of hydrogen-bond acceptors (Lipinski definition) is 5. The largest absolute Gasteiger partial charge is 0.449 e. The molecule has 2 rings (SSSR count). The summed E-state index contributed by atoms with van der Waals surface area (Å²) in [6.07, 6.45) is -0.712. The topological polar surface area (TPSA) is 83.5 Å². The number of benzene rings is 1. The lowest BCUT2D eigenvalue weighted by Crippen LogP contribution is -2.37. The van der Waals surface area contributed by atoms with Crippen LogP contribution in [-0.4, -0.2) is 36.5 Å². The van der Waals surface area contributed by atoms with Crippen LogP contribution in [0.5, 0.6) is 0 Å². The molecule has 0 N–H and O–H groups in total. The summed E-state index contributed by atoms with van der Waals surface area (Å²) in [4.78, 5) is 25.4. The summed E-state index contributed by atoms with van der Waals surface area (Å²) >= 11 is 0. The second-order valence-electron chi connectivity index (χ2n) is 4.86. The fraction of sp³-hybridized carbons (Fsp3) is 0.312. The lowest BCUT2D eigenvalue weighted by Gasteiger charge is -2.19. The van der Waals surface area contributed by atoms with Crippen molar-refractivity contribution >= 4 is 22.8 Å². The third-order valence-electron chi connectivity index (χ3n) is 3.19. The van der Waals surface area contributed by atoms with E-state index in [0.717, 1.165) is 5.39 Å². The summed E-state index contributed by atoms with van der Waals surface area (Å²) in [5.74, 6) is -0.994. The molecule has 22 heavy (non-hydrogen) atoms. The van der Waals surface area contributed by atoms with E-state index < -0.39 is 12.1 Å². The molecular formula is C16H16N2O4. The maximum atomic E-state index is 12.0. The maximum absolute atomic E-state index is 12.0. The molecule has 0 spiro atoms. The number of para-hydroxylation sites is 1. The Bertz CT molecular complexity index is 696. The molecule has 6 nitrogen and oxygen atoms in total. The fourth-order valence-corrected chi connectivity index (χ4v) is 1.99. The molecule has 1 atom stereocenters. The first kappa shape index (κ1) is 15.6. The highest BCUT2D eigenvalue weighted by molar-refractivity contribution is 5.94. The molecule has 0 bridgehead atoms. The molecule has 1 amide bonds. The van der Waals surface area contributed by atoms with Gasteiger partial charge in [0.1, 0.15) is 5.58 Å². The molecular weight excluding hydrogens is 284 g/mol. The van der Waals surface area contributed by atoms with Crippen molar-refractivity contribution in [1.82, 2.24) is 4.90 Å². The van der Waals surface area contributed by atoms with Crippen molar-refractivity contribution in [3.63, 3.8) is 0 Å². The minimum absolute atomic E-state index is 0.0560. The number of nitrogens with zero attached hydrogens (tertiary/aromatic N) is 2. The van der Waals surface area contributed by atoms with Gasteiger partial charge in [-0.1, -0.05) is 18.2 Å². The van der Waals surface area contributed by atoms with Gasteiger partial charge in [0, 0.05) is 19.0 Å². The van der Waals surface area contributed by atoms with E-state index in [1.54, 1.807) is 25.2 Å². The van der Waals surface area contributed by atoms with Gasteiger partial charge in [0.15, 0.2) is 6.10 Å². The minimum atomic E-state index is -0.940. The Kier molecular flexibility index (Phi) is 4.79. The molecule has 6 heteroatoms. The molecule has 1 heterocycles. The van der Waals surface area contributed by atoms with Crippen molar-refractivity contribution in [2.75, 3.05) is 13.6 Å². The summed E-state index contributed by atoms with van der Waals surface area (Å²) in [7, 11) is 1.56. The van der Waals surface area contributed by atoms with Crippen LogP contribution in [0.1, 0.15) is 23.9 Å². The smallest absolute Gasteiger partial charge is 0.375 e. The minimum Gasteiger partial charge on any atom is -0.449 e. The predicted octanol–water partition coefficient (Wildman–Crippen LogP) is 2.35. The van der Waals surface area contributed by atoms with Crippen LogP contribution in [0.4, 0.5) is 0 Å². The van der Waals surface area contributed by atoms with Gasteiger partial charge in [0.2, 0.25) is 5.76 Å². The zero-order valence-corrected chi connectivity index (χ0v) is 12.4. The number of ether oxygens (including phenoxy) is 1. The molecule has 114 valence electrons. The van der Waals surface area contributed by atoms with Crippen molar-refractivity contribution in [2.24, 2.45) is 0 Å². The summed E-state index contributed by atoms with van der Waals surface area (Å²) < 4.78 is 10.5. The third-order valence-corrected chi connectivity index (χ3v) is 3.19. The highest BCUT2D eigenvalue weighted by atomic mass is 16.6. The van der Waals surface area contributed by atoms with Crippen molar-refractivity contribution < 1.29 is 18.7 Å². The molecule has 0 saturated carbocycles. The molecule has 0 saturated heterocycles. The Balaban J connectivity index is 2.01. The first-order valence-electron chi connectivity index (χ1n) is 6.84. The third kappa shape index (κ3) is 3.44. The van der Waals surface area contributed by atoms with E-state index in [2.05, 4.69) is 0 Å². The van der Waals surface area contributed by atoms with E-state index in [-0.39, 0.29) is 18.1 Å². The Morgan fingerprint density at radius 3 is 2.82 bits per heavy atom. The summed E-state index contributed by atoms with van der Waals surface area (Å²) in [6.45, 7) is 1.79. The van der Waals surface area contributed by atoms with Crippen LogP contribution >= 0.6 is 0 Å². The molecule has 1 aromatic heterocycles. The van der Waals surface area contributed by atoms with Crippen molar-refractivity contribution in [2.45, 2.75) is 19.4 Å². The Morgan fingerprint density at radius 1 is 1.41 bits per heavy atom.